The summed E-state index contributed by atoms with van der Waals surface area (Å²) in [6.07, 6.45) is 0. The smallest absolute Gasteiger partial charge is 0.270 e. The number of carbonyl (C=O) groups is 1. The quantitative estimate of drug-likeness (QED) is 0.697. The number of hydrogen-bond donors (Lipinski definition) is 2. The third-order valence-electron chi connectivity index (χ3n) is 3.58. The zero-order valence-corrected chi connectivity index (χ0v) is 14.4. The number of hydrogen-bond acceptors (Lipinski definition) is 3. The number of halogens is 2. The Labute approximate surface area is 151 Å². The number of aromatic amines is 1. The van der Waals surface area contributed by atoms with Gasteiger partial charge in [0.05, 0.1) is 11.8 Å². The molecule has 0 saturated heterocycles. The Balaban J connectivity index is 1.79. The van der Waals surface area contributed by atoms with Gasteiger partial charge in [0.2, 0.25) is 0 Å². The van der Waals surface area contributed by atoms with E-state index in [1.54, 1.807) is 12.1 Å². The number of nitriles is 1. The SMILES string of the molecule is N#CC(NC(=O)c1cc(-c2ccc(Br)cc2)n[nH]1)c1ccccc1F. The van der Waals surface area contributed by atoms with Gasteiger partial charge in [0.15, 0.2) is 0 Å². The molecule has 1 aromatic heterocycles. The second-order valence-electron chi connectivity index (χ2n) is 5.23. The number of nitrogens with one attached hydrogen (secondary N) is 2. The summed E-state index contributed by atoms with van der Waals surface area (Å²) in [6, 6.07) is 15.7. The molecule has 0 spiro atoms. The second-order valence-corrected chi connectivity index (χ2v) is 6.15. The van der Waals surface area contributed by atoms with Crippen LogP contribution in [0.2, 0.25) is 0 Å². The molecule has 25 heavy (non-hydrogen) atoms. The van der Waals surface area contributed by atoms with Gasteiger partial charge in [-0.25, -0.2) is 4.39 Å². The number of aromatic nitrogens is 2. The summed E-state index contributed by atoms with van der Waals surface area (Å²) >= 11 is 3.36. The first-order valence-electron chi connectivity index (χ1n) is 7.35. The van der Waals surface area contributed by atoms with Crippen molar-refractivity contribution in [3.05, 3.63) is 76.1 Å². The van der Waals surface area contributed by atoms with Crippen LogP contribution in [0, 0.1) is 17.1 Å². The van der Waals surface area contributed by atoms with E-state index in [-0.39, 0.29) is 11.3 Å². The van der Waals surface area contributed by atoms with E-state index < -0.39 is 17.8 Å². The monoisotopic (exact) mass is 398 g/mol. The molecule has 0 aliphatic carbocycles. The highest BCUT2D eigenvalue weighted by Gasteiger charge is 2.19. The van der Waals surface area contributed by atoms with Gasteiger partial charge >= 0.3 is 0 Å². The number of amides is 1. The van der Waals surface area contributed by atoms with Crippen LogP contribution in [0.4, 0.5) is 4.39 Å². The Kier molecular flexibility index (Phi) is 4.91. The van der Waals surface area contributed by atoms with E-state index in [0.29, 0.717) is 5.69 Å². The number of benzene rings is 2. The third kappa shape index (κ3) is 3.75. The van der Waals surface area contributed by atoms with Gasteiger partial charge in [-0.2, -0.15) is 10.4 Å². The first-order valence-corrected chi connectivity index (χ1v) is 8.14. The Morgan fingerprint density at radius 3 is 2.64 bits per heavy atom. The molecule has 0 bridgehead atoms. The van der Waals surface area contributed by atoms with Crippen molar-refractivity contribution in [3.63, 3.8) is 0 Å². The topological polar surface area (TPSA) is 81.6 Å². The van der Waals surface area contributed by atoms with Crippen molar-refractivity contribution in [3.8, 4) is 17.3 Å². The average molecular weight is 399 g/mol. The van der Waals surface area contributed by atoms with Crippen LogP contribution >= 0.6 is 15.9 Å². The minimum atomic E-state index is -1.09. The van der Waals surface area contributed by atoms with Crippen LogP contribution in [0.5, 0.6) is 0 Å². The van der Waals surface area contributed by atoms with Gasteiger partial charge < -0.3 is 5.32 Å². The standard InChI is InChI=1S/C18H12BrFN4O/c19-12-7-5-11(6-8-12)15-9-16(24-23-15)18(25)22-17(10-21)13-3-1-2-4-14(13)20/h1-9,17H,(H,22,25)(H,23,24). The molecule has 0 aliphatic rings. The molecule has 0 aliphatic heterocycles. The van der Waals surface area contributed by atoms with Crippen molar-refractivity contribution in [1.82, 2.24) is 15.5 Å². The summed E-state index contributed by atoms with van der Waals surface area (Å²) < 4.78 is 14.7. The van der Waals surface area contributed by atoms with Gasteiger partial charge in [-0.05, 0) is 24.3 Å². The van der Waals surface area contributed by atoms with Crippen LogP contribution in [0.15, 0.2) is 59.1 Å². The molecule has 124 valence electrons. The van der Waals surface area contributed by atoms with Crippen molar-refractivity contribution < 1.29 is 9.18 Å². The van der Waals surface area contributed by atoms with E-state index in [2.05, 4.69) is 31.4 Å². The van der Waals surface area contributed by atoms with Crippen molar-refractivity contribution >= 4 is 21.8 Å². The van der Waals surface area contributed by atoms with Gasteiger partial charge in [0.25, 0.3) is 5.91 Å². The minimum absolute atomic E-state index is 0.117. The normalized spacial score (nSPS) is 11.6. The first kappa shape index (κ1) is 16.9. The molecule has 1 heterocycles. The number of carbonyl (C=O) groups excluding carboxylic acids is 1. The number of H-pyrrole nitrogens is 1. The van der Waals surface area contributed by atoms with Crippen molar-refractivity contribution in [2.24, 2.45) is 0 Å². The molecule has 3 aromatic rings. The molecule has 3 rings (SSSR count). The predicted octanol–water partition coefficient (Wildman–Crippen LogP) is 3.97. The molecule has 1 unspecified atom stereocenters. The van der Waals surface area contributed by atoms with Crippen LogP contribution in [-0.4, -0.2) is 16.1 Å². The second kappa shape index (κ2) is 7.28. The van der Waals surface area contributed by atoms with Crippen LogP contribution in [0.1, 0.15) is 22.1 Å². The lowest BCUT2D eigenvalue weighted by atomic mass is 10.1. The first-order chi connectivity index (χ1) is 12.1. The maximum Gasteiger partial charge on any atom is 0.270 e. The fourth-order valence-electron chi connectivity index (χ4n) is 2.30. The van der Waals surface area contributed by atoms with Crippen molar-refractivity contribution in [2.45, 2.75) is 6.04 Å². The Bertz CT molecular complexity index is 946. The van der Waals surface area contributed by atoms with E-state index in [4.69, 9.17) is 0 Å². The molecule has 7 heteroatoms. The van der Waals surface area contributed by atoms with Crippen LogP contribution < -0.4 is 5.32 Å². The zero-order valence-electron chi connectivity index (χ0n) is 12.8. The molecule has 0 saturated carbocycles. The zero-order chi connectivity index (χ0) is 17.8. The molecule has 2 aromatic carbocycles. The average Bonchev–Trinajstić information content (AvgIpc) is 3.11. The molecular formula is C18H12BrFN4O. The minimum Gasteiger partial charge on any atom is -0.331 e. The van der Waals surface area contributed by atoms with Crippen LogP contribution in [-0.2, 0) is 0 Å². The number of rotatable bonds is 4. The van der Waals surface area contributed by atoms with Crippen LogP contribution in [0.3, 0.4) is 0 Å². The van der Waals surface area contributed by atoms with E-state index >= 15 is 0 Å². The van der Waals surface area contributed by atoms with E-state index in [1.165, 1.54) is 18.2 Å². The summed E-state index contributed by atoms with van der Waals surface area (Å²) in [5.74, 6) is -1.08. The highest BCUT2D eigenvalue weighted by Crippen LogP contribution is 2.21. The lowest BCUT2D eigenvalue weighted by Gasteiger charge is -2.11. The largest absolute Gasteiger partial charge is 0.331 e. The Morgan fingerprint density at radius 1 is 1.24 bits per heavy atom. The molecule has 2 N–H and O–H groups in total. The molecule has 0 radical (unpaired) electrons. The Morgan fingerprint density at radius 2 is 1.96 bits per heavy atom. The van der Waals surface area contributed by atoms with Gasteiger partial charge in [0, 0.05) is 15.6 Å². The summed E-state index contributed by atoms with van der Waals surface area (Å²) in [7, 11) is 0. The predicted molar refractivity (Wildman–Crippen MR) is 93.9 cm³/mol. The summed E-state index contributed by atoms with van der Waals surface area (Å²) in [4.78, 5) is 12.3. The summed E-state index contributed by atoms with van der Waals surface area (Å²) in [6.45, 7) is 0. The number of nitrogens with zero attached hydrogens (tertiary/aromatic N) is 2. The van der Waals surface area contributed by atoms with E-state index in [0.717, 1.165) is 10.0 Å². The maximum atomic E-state index is 13.8. The van der Waals surface area contributed by atoms with Gasteiger partial charge in [-0.3, -0.25) is 9.89 Å². The van der Waals surface area contributed by atoms with Crippen LogP contribution in [0.25, 0.3) is 11.3 Å². The molecular weight excluding hydrogens is 387 g/mol. The lowest BCUT2D eigenvalue weighted by Crippen LogP contribution is -2.28. The van der Waals surface area contributed by atoms with Gasteiger partial charge in [-0.1, -0.05) is 46.3 Å². The van der Waals surface area contributed by atoms with E-state index in [9.17, 15) is 14.4 Å². The van der Waals surface area contributed by atoms with Gasteiger partial charge in [-0.15, -0.1) is 0 Å². The fourth-order valence-corrected chi connectivity index (χ4v) is 2.57. The van der Waals surface area contributed by atoms with Crippen molar-refractivity contribution in [2.75, 3.05) is 0 Å². The fraction of sp³-hybridized carbons (Fsp3) is 0.0556. The highest BCUT2D eigenvalue weighted by molar-refractivity contribution is 9.10. The molecule has 5 nitrogen and oxygen atoms in total. The van der Waals surface area contributed by atoms with E-state index in [1.807, 2.05) is 30.3 Å². The third-order valence-corrected chi connectivity index (χ3v) is 4.11. The lowest BCUT2D eigenvalue weighted by molar-refractivity contribution is 0.0939. The molecule has 0 fully saturated rings. The van der Waals surface area contributed by atoms with Gasteiger partial charge in [0.1, 0.15) is 17.6 Å². The highest BCUT2D eigenvalue weighted by atomic mass is 79.9. The maximum absolute atomic E-state index is 13.8. The summed E-state index contributed by atoms with van der Waals surface area (Å²) in [5.41, 5.74) is 1.74. The molecule has 1 atom stereocenters. The summed E-state index contributed by atoms with van der Waals surface area (Å²) in [5, 5.41) is 18.5. The molecule has 1 amide bonds. The Hall–Kier alpha value is -2.98. The van der Waals surface area contributed by atoms with Crippen molar-refractivity contribution in [1.29, 1.82) is 5.26 Å².